The average molecular weight is 225 g/mol. The molecular formula is C11H15NO4. The summed E-state index contributed by atoms with van der Waals surface area (Å²) in [6, 6.07) is 3.15. The van der Waals surface area contributed by atoms with Gasteiger partial charge >= 0.3 is 5.97 Å². The van der Waals surface area contributed by atoms with Crippen LogP contribution in [0.25, 0.3) is 0 Å². The van der Waals surface area contributed by atoms with Crippen molar-refractivity contribution < 1.29 is 19.0 Å². The first kappa shape index (κ1) is 12.3. The van der Waals surface area contributed by atoms with Crippen LogP contribution in [0.15, 0.2) is 24.5 Å². The molecule has 16 heavy (non-hydrogen) atoms. The van der Waals surface area contributed by atoms with Crippen LogP contribution in [0.3, 0.4) is 0 Å². The Bertz CT molecular complexity index is 341. The summed E-state index contributed by atoms with van der Waals surface area (Å²) in [7, 11) is 0. The predicted molar refractivity (Wildman–Crippen MR) is 56.8 cm³/mol. The van der Waals surface area contributed by atoms with Crippen molar-refractivity contribution in [1.29, 1.82) is 0 Å². The van der Waals surface area contributed by atoms with Gasteiger partial charge in [0, 0.05) is 6.07 Å². The fraction of sp³-hybridized carbons (Fsp3) is 0.455. The van der Waals surface area contributed by atoms with Crippen molar-refractivity contribution in [3.63, 3.8) is 0 Å². The van der Waals surface area contributed by atoms with Gasteiger partial charge in [0.25, 0.3) is 0 Å². The average Bonchev–Trinajstić information content (AvgIpc) is 2.27. The Balaban J connectivity index is 2.26. The van der Waals surface area contributed by atoms with E-state index in [0.29, 0.717) is 17.1 Å². The Morgan fingerprint density at radius 1 is 1.56 bits per heavy atom. The zero-order valence-electron chi connectivity index (χ0n) is 9.22. The van der Waals surface area contributed by atoms with Gasteiger partial charge in [-0.3, -0.25) is 0 Å². The highest BCUT2D eigenvalue weighted by molar-refractivity contribution is 5.71. The molecule has 0 unspecified atom stereocenters. The second-order valence-electron chi connectivity index (χ2n) is 3.26. The summed E-state index contributed by atoms with van der Waals surface area (Å²) >= 11 is 0. The number of pyridine rings is 1. The molecule has 0 aliphatic heterocycles. The number of ether oxygens (including phenoxy) is 2. The van der Waals surface area contributed by atoms with Gasteiger partial charge in [0.15, 0.2) is 18.6 Å². The number of unbranched alkanes of at least 4 members (excludes halogenated alkanes) is 1. The minimum Gasteiger partial charge on any atom is -0.619 e. The monoisotopic (exact) mass is 225 g/mol. The fourth-order valence-electron chi connectivity index (χ4n) is 1.03. The number of nitrogens with zero attached hydrogens (tertiary/aromatic N) is 1. The third-order valence-electron chi connectivity index (χ3n) is 1.87. The van der Waals surface area contributed by atoms with Gasteiger partial charge in [0.05, 0.1) is 6.61 Å². The Kier molecular flexibility index (Phi) is 5.11. The Labute approximate surface area is 94.2 Å². The third kappa shape index (κ3) is 4.63. The first-order valence-electron chi connectivity index (χ1n) is 5.19. The number of carbonyl (C=O) groups excluding carboxylic acids is 1. The minimum atomic E-state index is -0.422. The topological polar surface area (TPSA) is 62.5 Å². The van der Waals surface area contributed by atoms with Crippen LogP contribution in [0.5, 0.6) is 5.75 Å². The molecule has 0 saturated carbocycles. The van der Waals surface area contributed by atoms with Gasteiger partial charge < -0.3 is 14.7 Å². The van der Waals surface area contributed by atoms with E-state index in [1.54, 1.807) is 12.1 Å². The van der Waals surface area contributed by atoms with E-state index in [0.717, 1.165) is 12.8 Å². The molecular weight excluding hydrogens is 210 g/mol. The van der Waals surface area contributed by atoms with Crippen LogP contribution in [0.2, 0.25) is 0 Å². The Morgan fingerprint density at radius 3 is 3.06 bits per heavy atom. The predicted octanol–water partition coefficient (Wildman–Crippen LogP) is 1.04. The van der Waals surface area contributed by atoms with Gasteiger partial charge in [0.2, 0.25) is 6.20 Å². The van der Waals surface area contributed by atoms with E-state index in [-0.39, 0.29) is 6.61 Å². The highest BCUT2D eigenvalue weighted by atomic mass is 16.6. The Morgan fingerprint density at radius 2 is 2.38 bits per heavy atom. The number of hydrogen-bond acceptors (Lipinski definition) is 4. The van der Waals surface area contributed by atoms with E-state index < -0.39 is 5.97 Å². The van der Waals surface area contributed by atoms with Crippen LogP contribution in [0.4, 0.5) is 0 Å². The molecule has 0 aliphatic carbocycles. The Hall–Kier alpha value is -1.78. The largest absolute Gasteiger partial charge is 0.619 e. The first-order chi connectivity index (χ1) is 7.72. The van der Waals surface area contributed by atoms with Crippen molar-refractivity contribution in [3.8, 4) is 5.75 Å². The quantitative estimate of drug-likeness (QED) is 0.314. The van der Waals surface area contributed by atoms with Gasteiger partial charge in [-0.2, -0.15) is 4.73 Å². The van der Waals surface area contributed by atoms with Gasteiger partial charge in [-0.1, -0.05) is 13.3 Å². The van der Waals surface area contributed by atoms with Crippen LogP contribution in [0, 0.1) is 5.21 Å². The van der Waals surface area contributed by atoms with Gasteiger partial charge in [-0.05, 0) is 12.5 Å². The normalized spacial score (nSPS) is 9.81. The van der Waals surface area contributed by atoms with E-state index in [1.807, 2.05) is 6.92 Å². The van der Waals surface area contributed by atoms with Gasteiger partial charge in [0.1, 0.15) is 0 Å². The summed E-state index contributed by atoms with van der Waals surface area (Å²) < 4.78 is 10.6. The summed E-state index contributed by atoms with van der Waals surface area (Å²) in [6.07, 6.45) is 4.41. The molecule has 0 aromatic carbocycles. The summed E-state index contributed by atoms with van der Waals surface area (Å²) in [5.41, 5.74) is 0. The lowest BCUT2D eigenvalue weighted by atomic mass is 10.4. The molecule has 0 radical (unpaired) electrons. The molecule has 0 aliphatic rings. The molecule has 0 fully saturated rings. The van der Waals surface area contributed by atoms with E-state index in [2.05, 4.69) is 0 Å². The first-order valence-corrected chi connectivity index (χ1v) is 5.19. The number of carbonyl (C=O) groups is 1. The number of rotatable bonds is 6. The molecule has 0 saturated heterocycles. The molecule has 0 spiro atoms. The van der Waals surface area contributed by atoms with E-state index in [4.69, 9.17) is 9.47 Å². The summed E-state index contributed by atoms with van der Waals surface area (Å²) in [4.78, 5) is 11.1. The molecule has 0 amide bonds. The zero-order chi connectivity index (χ0) is 11.8. The third-order valence-corrected chi connectivity index (χ3v) is 1.87. The second kappa shape index (κ2) is 6.66. The maximum atomic E-state index is 11.1. The molecule has 5 heteroatoms. The highest BCUT2D eigenvalue weighted by Crippen LogP contribution is 2.04. The van der Waals surface area contributed by atoms with Crippen LogP contribution in [-0.2, 0) is 9.53 Å². The molecule has 1 aromatic heterocycles. The van der Waals surface area contributed by atoms with Gasteiger partial charge in [-0.15, -0.1) is 0 Å². The van der Waals surface area contributed by atoms with Crippen LogP contribution in [0.1, 0.15) is 19.8 Å². The van der Waals surface area contributed by atoms with Crippen molar-refractivity contribution in [2.75, 3.05) is 13.2 Å². The molecule has 1 heterocycles. The smallest absolute Gasteiger partial charge is 0.344 e. The van der Waals surface area contributed by atoms with Crippen LogP contribution in [-0.4, -0.2) is 19.2 Å². The van der Waals surface area contributed by atoms with Gasteiger partial charge in [-0.25, -0.2) is 4.79 Å². The lowest BCUT2D eigenvalue weighted by molar-refractivity contribution is -0.605. The van der Waals surface area contributed by atoms with E-state index in [9.17, 15) is 10.0 Å². The van der Waals surface area contributed by atoms with Crippen LogP contribution < -0.4 is 9.47 Å². The number of esters is 1. The van der Waals surface area contributed by atoms with E-state index in [1.165, 1.54) is 12.4 Å². The van der Waals surface area contributed by atoms with E-state index >= 15 is 0 Å². The molecule has 0 bridgehead atoms. The lowest BCUT2D eigenvalue weighted by Crippen LogP contribution is -2.24. The zero-order valence-corrected chi connectivity index (χ0v) is 9.22. The number of aromatic nitrogens is 1. The summed E-state index contributed by atoms with van der Waals surface area (Å²) in [5, 5.41) is 10.9. The SMILES string of the molecule is CCCCOC(=O)COc1ccc[n+]([O-])c1. The standard InChI is InChI=1S/C11H15NO4/c1-2-3-7-15-11(13)9-16-10-5-4-6-12(14)8-10/h4-6,8H,2-3,7,9H2,1H3. The minimum absolute atomic E-state index is 0.173. The molecule has 0 atom stereocenters. The summed E-state index contributed by atoms with van der Waals surface area (Å²) in [6.45, 7) is 2.25. The van der Waals surface area contributed by atoms with Crippen molar-refractivity contribution in [1.82, 2.24) is 0 Å². The molecule has 0 N–H and O–H groups in total. The second-order valence-corrected chi connectivity index (χ2v) is 3.26. The fourth-order valence-corrected chi connectivity index (χ4v) is 1.03. The molecule has 88 valence electrons. The van der Waals surface area contributed by atoms with Crippen molar-refractivity contribution in [3.05, 3.63) is 29.7 Å². The molecule has 5 nitrogen and oxygen atoms in total. The maximum absolute atomic E-state index is 11.1. The van der Waals surface area contributed by atoms with Crippen molar-refractivity contribution in [2.24, 2.45) is 0 Å². The summed E-state index contributed by atoms with van der Waals surface area (Å²) in [5.74, 6) is -0.0697. The molecule has 1 rings (SSSR count). The highest BCUT2D eigenvalue weighted by Gasteiger charge is 2.05. The van der Waals surface area contributed by atoms with Crippen LogP contribution >= 0.6 is 0 Å². The van der Waals surface area contributed by atoms with Crippen molar-refractivity contribution >= 4 is 5.97 Å². The maximum Gasteiger partial charge on any atom is 0.344 e. The number of hydrogen-bond donors (Lipinski definition) is 0. The molecule has 1 aromatic rings. The lowest BCUT2D eigenvalue weighted by Gasteiger charge is -2.05. The van der Waals surface area contributed by atoms with Crippen molar-refractivity contribution in [2.45, 2.75) is 19.8 Å².